The number of alkyl halides is 1. The predicted octanol–water partition coefficient (Wildman–Crippen LogP) is 1.23. The average molecular weight is 146 g/mol. The third kappa shape index (κ3) is 1.29. The fourth-order valence-electron chi connectivity index (χ4n) is 0.438. The highest BCUT2D eigenvalue weighted by Gasteiger charge is 1.98. The Labute approximate surface area is 56.6 Å². The van der Waals surface area contributed by atoms with Crippen molar-refractivity contribution >= 4 is 17.9 Å². The van der Waals surface area contributed by atoms with Gasteiger partial charge in [0.2, 0.25) is 6.29 Å². The van der Waals surface area contributed by atoms with Crippen LogP contribution >= 0.6 is 11.6 Å². The Hall–Kier alpha value is -0.830. The minimum Gasteiger partial charge on any atom is -0.442 e. The monoisotopic (exact) mass is 145 g/mol. The van der Waals surface area contributed by atoms with Gasteiger partial charge in [-0.15, -0.1) is 11.6 Å². The molecule has 1 heterocycles. The van der Waals surface area contributed by atoms with E-state index in [2.05, 4.69) is 9.40 Å². The number of hydrogen-bond acceptors (Lipinski definition) is 3. The van der Waals surface area contributed by atoms with Crippen molar-refractivity contribution in [1.82, 2.24) is 4.98 Å². The molecule has 0 aliphatic rings. The molecule has 0 bridgehead atoms. The molecule has 0 fully saturated rings. The maximum Gasteiger partial charge on any atom is 0.259 e. The van der Waals surface area contributed by atoms with Crippen molar-refractivity contribution in [2.24, 2.45) is 0 Å². The second kappa shape index (κ2) is 2.64. The number of carbonyl (C=O) groups is 1. The second-order valence-electron chi connectivity index (χ2n) is 1.43. The Balaban J connectivity index is 2.86. The second-order valence-corrected chi connectivity index (χ2v) is 1.70. The van der Waals surface area contributed by atoms with Crippen molar-refractivity contribution in [1.29, 1.82) is 0 Å². The Morgan fingerprint density at radius 1 is 1.89 bits per heavy atom. The maximum atomic E-state index is 9.94. The summed E-state index contributed by atoms with van der Waals surface area (Å²) in [5, 5.41) is 0. The molecule has 3 nitrogen and oxygen atoms in total. The van der Waals surface area contributed by atoms with Crippen LogP contribution in [0.4, 0.5) is 0 Å². The van der Waals surface area contributed by atoms with Crippen LogP contribution in [0.1, 0.15) is 16.4 Å². The number of oxazole rings is 1. The van der Waals surface area contributed by atoms with Gasteiger partial charge >= 0.3 is 0 Å². The lowest BCUT2D eigenvalue weighted by Gasteiger charge is -1.74. The highest BCUT2D eigenvalue weighted by atomic mass is 35.5. The first-order chi connectivity index (χ1) is 4.36. The number of aromatic nitrogens is 1. The summed E-state index contributed by atoms with van der Waals surface area (Å²) in [4.78, 5) is 13.6. The zero-order valence-corrected chi connectivity index (χ0v) is 5.26. The summed E-state index contributed by atoms with van der Waals surface area (Å²) in [6.07, 6.45) is 1.90. The van der Waals surface area contributed by atoms with Gasteiger partial charge < -0.3 is 4.42 Å². The largest absolute Gasteiger partial charge is 0.442 e. The van der Waals surface area contributed by atoms with Crippen LogP contribution in [-0.2, 0) is 5.88 Å². The van der Waals surface area contributed by atoms with E-state index in [1.165, 1.54) is 6.26 Å². The van der Waals surface area contributed by atoms with Crippen molar-refractivity contribution in [3.8, 4) is 0 Å². The third-order valence-electron chi connectivity index (χ3n) is 0.807. The van der Waals surface area contributed by atoms with Gasteiger partial charge in [-0.05, 0) is 0 Å². The first-order valence-corrected chi connectivity index (χ1v) is 2.86. The Bertz CT molecular complexity index is 208. The van der Waals surface area contributed by atoms with Crippen LogP contribution in [0.25, 0.3) is 0 Å². The topological polar surface area (TPSA) is 43.1 Å². The zero-order chi connectivity index (χ0) is 6.69. The molecule has 0 unspecified atom stereocenters. The van der Waals surface area contributed by atoms with E-state index in [1.54, 1.807) is 0 Å². The lowest BCUT2D eigenvalue weighted by molar-refractivity contribution is 0.109. The minimum atomic E-state index is 0.0747. The van der Waals surface area contributed by atoms with E-state index in [1.807, 2.05) is 0 Å². The van der Waals surface area contributed by atoms with Crippen LogP contribution in [0.3, 0.4) is 0 Å². The highest BCUT2D eigenvalue weighted by molar-refractivity contribution is 6.16. The molecule has 1 aromatic rings. The van der Waals surface area contributed by atoms with Crippen molar-refractivity contribution in [3.63, 3.8) is 0 Å². The highest BCUT2D eigenvalue weighted by Crippen LogP contribution is 2.01. The summed E-state index contributed by atoms with van der Waals surface area (Å²) in [6, 6.07) is 0. The van der Waals surface area contributed by atoms with E-state index >= 15 is 0 Å². The molecule has 0 saturated heterocycles. The summed E-state index contributed by atoms with van der Waals surface area (Å²) in [5.74, 6) is 0.350. The van der Waals surface area contributed by atoms with Gasteiger partial charge in [-0.2, -0.15) is 0 Å². The van der Waals surface area contributed by atoms with E-state index in [9.17, 15) is 4.79 Å². The molecule has 0 aliphatic carbocycles. The number of carbonyl (C=O) groups excluding carboxylic acids is 1. The molecule has 1 aromatic heterocycles. The van der Waals surface area contributed by atoms with Gasteiger partial charge in [0, 0.05) is 0 Å². The fraction of sp³-hybridized carbons (Fsp3) is 0.200. The Kier molecular flexibility index (Phi) is 1.85. The molecule has 0 atom stereocenters. The fourth-order valence-corrected chi connectivity index (χ4v) is 0.561. The van der Waals surface area contributed by atoms with Crippen LogP contribution in [-0.4, -0.2) is 11.3 Å². The summed E-state index contributed by atoms with van der Waals surface area (Å²) in [7, 11) is 0. The van der Waals surface area contributed by atoms with Gasteiger partial charge in [-0.3, -0.25) is 4.79 Å². The van der Waals surface area contributed by atoms with Crippen LogP contribution in [0.5, 0.6) is 0 Å². The minimum absolute atomic E-state index is 0.0747. The molecule has 0 spiro atoms. The normalized spacial score (nSPS) is 9.44. The molecule has 48 valence electrons. The summed E-state index contributed by atoms with van der Waals surface area (Å²) in [6.45, 7) is 0. The van der Waals surface area contributed by atoms with E-state index in [4.69, 9.17) is 11.6 Å². The molecule has 0 aromatic carbocycles. The van der Waals surface area contributed by atoms with Gasteiger partial charge in [0.25, 0.3) is 5.89 Å². The standard InChI is InChI=1S/C5H4ClNO2/c6-1-4-3-9-5(2-8)7-4/h2-3H,1H2. The summed E-state index contributed by atoms with van der Waals surface area (Å²) in [5.41, 5.74) is 0.582. The number of aldehydes is 1. The lowest BCUT2D eigenvalue weighted by Crippen LogP contribution is -1.79. The molecule has 0 amide bonds. The maximum absolute atomic E-state index is 9.94. The molecular formula is C5H4ClNO2. The zero-order valence-electron chi connectivity index (χ0n) is 4.50. The smallest absolute Gasteiger partial charge is 0.259 e. The van der Waals surface area contributed by atoms with Crippen LogP contribution in [0.2, 0.25) is 0 Å². The number of halogens is 1. The summed E-state index contributed by atoms with van der Waals surface area (Å²) >= 11 is 5.36. The summed E-state index contributed by atoms with van der Waals surface area (Å²) < 4.78 is 4.64. The quantitative estimate of drug-likeness (QED) is 0.464. The lowest BCUT2D eigenvalue weighted by atomic mass is 10.6. The molecule has 0 radical (unpaired) electrons. The van der Waals surface area contributed by atoms with E-state index in [0.717, 1.165) is 0 Å². The van der Waals surface area contributed by atoms with Crippen molar-refractivity contribution in [3.05, 3.63) is 17.8 Å². The first kappa shape index (κ1) is 6.29. The SMILES string of the molecule is O=Cc1nc(CCl)co1. The van der Waals surface area contributed by atoms with Crippen LogP contribution < -0.4 is 0 Å². The number of hydrogen-bond donors (Lipinski definition) is 0. The van der Waals surface area contributed by atoms with E-state index < -0.39 is 0 Å². The van der Waals surface area contributed by atoms with Crippen molar-refractivity contribution < 1.29 is 9.21 Å². The number of nitrogens with zero attached hydrogens (tertiary/aromatic N) is 1. The Morgan fingerprint density at radius 2 is 2.67 bits per heavy atom. The molecule has 1 rings (SSSR count). The molecule has 0 saturated carbocycles. The van der Waals surface area contributed by atoms with Crippen molar-refractivity contribution in [2.75, 3.05) is 0 Å². The molecular weight excluding hydrogens is 142 g/mol. The van der Waals surface area contributed by atoms with E-state index in [-0.39, 0.29) is 11.8 Å². The van der Waals surface area contributed by atoms with Crippen molar-refractivity contribution in [2.45, 2.75) is 5.88 Å². The van der Waals surface area contributed by atoms with Crippen LogP contribution in [0, 0.1) is 0 Å². The molecule has 4 heteroatoms. The van der Waals surface area contributed by atoms with Gasteiger partial charge in [0.15, 0.2) is 0 Å². The predicted molar refractivity (Wildman–Crippen MR) is 31.4 cm³/mol. The Morgan fingerprint density at radius 3 is 3.00 bits per heavy atom. The molecule has 0 aliphatic heterocycles. The van der Waals surface area contributed by atoms with Gasteiger partial charge in [0.05, 0.1) is 11.6 Å². The number of rotatable bonds is 2. The van der Waals surface area contributed by atoms with E-state index in [0.29, 0.717) is 12.0 Å². The van der Waals surface area contributed by atoms with Gasteiger partial charge in [-0.1, -0.05) is 0 Å². The average Bonchev–Trinajstić information content (AvgIpc) is 2.34. The van der Waals surface area contributed by atoms with Gasteiger partial charge in [0.1, 0.15) is 6.26 Å². The third-order valence-corrected chi connectivity index (χ3v) is 1.08. The first-order valence-electron chi connectivity index (χ1n) is 2.32. The van der Waals surface area contributed by atoms with Crippen LogP contribution in [0.15, 0.2) is 10.7 Å². The molecule has 9 heavy (non-hydrogen) atoms. The molecule has 0 N–H and O–H groups in total. The van der Waals surface area contributed by atoms with Gasteiger partial charge in [-0.25, -0.2) is 4.98 Å².